The maximum atomic E-state index is 11.4. The number of aliphatic hydroxyl groups excluding tert-OH is 1. The van der Waals surface area contributed by atoms with Crippen molar-refractivity contribution in [3.05, 3.63) is 12.0 Å². The number of hydrogen-bond donors (Lipinski definition) is 4. The average molecular weight is 320 g/mol. The summed E-state index contributed by atoms with van der Waals surface area (Å²) in [7, 11) is -4.20. The maximum absolute atomic E-state index is 11.4. The average Bonchev–Trinajstić information content (AvgIpc) is 2.90. The molecule has 11 nitrogen and oxygen atoms in total. The Hall–Kier alpha value is -1.49. The highest BCUT2D eigenvalue weighted by Crippen LogP contribution is 2.52. The number of carbonyl (C=O) groups is 1. The van der Waals surface area contributed by atoms with Gasteiger partial charge in [0.25, 0.3) is 5.91 Å². The molecule has 1 aromatic heterocycles. The van der Waals surface area contributed by atoms with Crippen molar-refractivity contribution in [1.82, 2.24) is 9.55 Å². The SMILES string of the molecule is NC(=O)c1ncn([C@@H]2OC3COP(=O)(O)OC3[C@H]2O)c1N. The van der Waals surface area contributed by atoms with E-state index in [-0.39, 0.29) is 18.1 Å². The number of aliphatic hydroxyl groups is 1. The summed E-state index contributed by atoms with van der Waals surface area (Å²) in [4.78, 5) is 24.1. The molecule has 3 rings (SSSR count). The zero-order valence-electron chi connectivity index (χ0n) is 10.5. The number of amides is 1. The van der Waals surface area contributed by atoms with Gasteiger partial charge in [0, 0.05) is 0 Å². The Labute approximate surface area is 118 Å². The molecule has 2 fully saturated rings. The number of fused-ring (bicyclic) bond motifs is 1. The summed E-state index contributed by atoms with van der Waals surface area (Å²) in [5.74, 6) is -0.908. The van der Waals surface area contributed by atoms with E-state index in [4.69, 9.17) is 20.7 Å². The highest BCUT2D eigenvalue weighted by atomic mass is 31.2. The molecule has 2 aliphatic rings. The van der Waals surface area contributed by atoms with E-state index in [1.54, 1.807) is 0 Å². The minimum atomic E-state index is -4.20. The Kier molecular flexibility index (Phi) is 3.28. The van der Waals surface area contributed by atoms with Crippen molar-refractivity contribution in [2.24, 2.45) is 5.73 Å². The Morgan fingerprint density at radius 1 is 1.57 bits per heavy atom. The molecule has 0 aliphatic carbocycles. The molecule has 6 N–H and O–H groups in total. The monoisotopic (exact) mass is 320 g/mol. The van der Waals surface area contributed by atoms with Crippen LogP contribution in [0.2, 0.25) is 0 Å². The van der Waals surface area contributed by atoms with Crippen LogP contribution < -0.4 is 11.5 Å². The number of primary amides is 1. The van der Waals surface area contributed by atoms with Gasteiger partial charge >= 0.3 is 7.82 Å². The van der Waals surface area contributed by atoms with Crippen molar-refractivity contribution < 1.29 is 33.1 Å². The first-order valence-corrected chi connectivity index (χ1v) is 7.41. The van der Waals surface area contributed by atoms with Gasteiger partial charge in [0.05, 0.1) is 12.9 Å². The molecule has 3 heterocycles. The molecule has 0 bridgehead atoms. The van der Waals surface area contributed by atoms with E-state index in [0.29, 0.717) is 0 Å². The topological polar surface area (TPSA) is 172 Å². The highest BCUT2D eigenvalue weighted by molar-refractivity contribution is 7.47. The zero-order chi connectivity index (χ0) is 15.4. The van der Waals surface area contributed by atoms with Crippen molar-refractivity contribution in [2.45, 2.75) is 24.5 Å². The fourth-order valence-corrected chi connectivity index (χ4v) is 3.29. The standard InChI is InChI=1S/C9H13N4O7P/c10-7-4(8(11)15)12-2-13(7)9-5(14)6-3(19-9)1-18-21(16,17)20-6/h2-3,5-6,9,14H,1,10H2,(H2,11,15)(H,16,17)/t3?,5-,6?,9-/m1/s1. The van der Waals surface area contributed by atoms with Gasteiger partial charge in [0.15, 0.2) is 11.9 Å². The van der Waals surface area contributed by atoms with Gasteiger partial charge in [0.1, 0.15) is 24.1 Å². The van der Waals surface area contributed by atoms with E-state index in [1.165, 1.54) is 10.9 Å². The lowest BCUT2D eigenvalue weighted by Crippen LogP contribution is -2.39. The highest BCUT2D eigenvalue weighted by Gasteiger charge is 2.52. The van der Waals surface area contributed by atoms with Crippen LogP contribution in [0.4, 0.5) is 5.82 Å². The van der Waals surface area contributed by atoms with E-state index in [2.05, 4.69) is 9.51 Å². The summed E-state index contributed by atoms with van der Waals surface area (Å²) in [6.45, 7) is -0.219. The lowest BCUT2D eigenvalue weighted by molar-refractivity contribution is -0.0668. The second-order valence-electron chi connectivity index (χ2n) is 4.64. The molecule has 0 spiro atoms. The molecule has 0 saturated carbocycles. The van der Waals surface area contributed by atoms with Crippen LogP contribution in [-0.4, -0.2) is 50.4 Å². The fourth-order valence-electron chi connectivity index (χ4n) is 2.33. The molecule has 0 aromatic carbocycles. The van der Waals surface area contributed by atoms with E-state index >= 15 is 0 Å². The maximum Gasteiger partial charge on any atom is 0.472 e. The second kappa shape index (κ2) is 4.77. The van der Waals surface area contributed by atoms with Crippen molar-refractivity contribution >= 4 is 19.5 Å². The number of rotatable bonds is 2. The minimum Gasteiger partial charge on any atom is -0.386 e. The lowest BCUT2D eigenvalue weighted by atomic mass is 10.1. The summed E-state index contributed by atoms with van der Waals surface area (Å²) < 4.78 is 27.5. The van der Waals surface area contributed by atoms with Crippen LogP contribution in [0.1, 0.15) is 16.7 Å². The van der Waals surface area contributed by atoms with E-state index in [9.17, 15) is 19.4 Å². The van der Waals surface area contributed by atoms with Crippen molar-refractivity contribution in [3.63, 3.8) is 0 Å². The van der Waals surface area contributed by atoms with Gasteiger partial charge in [-0.1, -0.05) is 0 Å². The van der Waals surface area contributed by atoms with Crippen LogP contribution >= 0.6 is 7.82 Å². The van der Waals surface area contributed by atoms with Crippen LogP contribution in [0.3, 0.4) is 0 Å². The molecular formula is C9H13N4O7P. The zero-order valence-corrected chi connectivity index (χ0v) is 11.4. The van der Waals surface area contributed by atoms with Gasteiger partial charge < -0.3 is 26.2 Å². The van der Waals surface area contributed by atoms with Crippen molar-refractivity contribution in [1.29, 1.82) is 0 Å². The molecule has 1 aromatic rings. The van der Waals surface area contributed by atoms with E-state index in [0.717, 1.165) is 0 Å². The smallest absolute Gasteiger partial charge is 0.386 e. The van der Waals surface area contributed by atoms with Crippen molar-refractivity contribution in [3.8, 4) is 0 Å². The summed E-state index contributed by atoms with van der Waals surface area (Å²) in [6, 6.07) is 0. The first-order valence-electron chi connectivity index (χ1n) is 5.91. The molecule has 0 radical (unpaired) electrons. The Bertz CT molecular complexity index is 634. The molecule has 2 saturated heterocycles. The van der Waals surface area contributed by atoms with Gasteiger partial charge in [-0.3, -0.25) is 18.4 Å². The molecule has 3 unspecified atom stereocenters. The number of phosphoric acid groups is 1. The van der Waals surface area contributed by atoms with E-state index in [1.807, 2.05) is 0 Å². The third-order valence-corrected chi connectivity index (χ3v) is 4.29. The number of carbonyl (C=O) groups excluding carboxylic acids is 1. The number of aromatic nitrogens is 2. The summed E-state index contributed by atoms with van der Waals surface area (Å²) >= 11 is 0. The Morgan fingerprint density at radius 2 is 2.29 bits per heavy atom. The lowest BCUT2D eigenvalue weighted by Gasteiger charge is -2.27. The molecule has 1 amide bonds. The molecule has 5 atom stereocenters. The quantitative estimate of drug-likeness (QED) is 0.465. The molecule has 2 aliphatic heterocycles. The van der Waals surface area contributed by atoms with Gasteiger partial charge in [-0.05, 0) is 0 Å². The third kappa shape index (κ3) is 2.33. The van der Waals surface area contributed by atoms with Gasteiger partial charge in [-0.25, -0.2) is 9.55 Å². The predicted octanol–water partition coefficient (Wildman–Crippen LogP) is -1.66. The van der Waals surface area contributed by atoms with E-state index < -0.39 is 38.3 Å². The Morgan fingerprint density at radius 3 is 2.90 bits per heavy atom. The van der Waals surface area contributed by atoms with Crippen LogP contribution in [0.5, 0.6) is 0 Å². The molecule has 116 valence electrons. The Balaban J connectivity index is 1.88. The number of nitrogens with two attached hydrogens (primary N) is 2. The molecular weight excluding hydrogens is 307 g/mol. The second-order valence-corrected chi connectivity index (χ2v) is 6.05. The molecule has 12 heteroatoms. The van der Waals surface area contributed by atoms with Gasteiger partial charge in [-0.15, -0.1) is 0 Å². The van der Waals surface area contributed by atoms with Crippen LogP contribution in [0.15, 0.2) is 6.33 Å². The fraction of sp³-hybridized carbons (Fsp3) is 0.556. The number of phosphoric ester groups is 1. The third-order valence-electron chi connectivity index (χ3n) is 3.31. The largest absolute Gasteiger partial charge is 0.472 e. The minimum absolute atomic E-state index is 0.0849. The number of anilines is 1. The van der Waals surface area contributed by atoms with Crippen LogP contribution in [-0.2, 0) is 18.3 Å². The normalized spacial score (nSPS) is 39.1. The predicted molar refractivity (Wildman–Crippen MR) is 65.7 cm³/mol. The number of ether oxygens (including phenoxy) is 1. The van der Waals surface area contributed by atoms with Crippen LogP contribution in [0.25, 0.3) is 0 Å². The number of nitrogens with zero attached hydrogens (tertiary/aromatic N) is 2. The summed E-state index contributed by atoms with van der Waals surface area (Å²) in [5, 5.41) is 10.2. The summed E-state index contributed by atoms with van der Waals surface area (Å²) in [6.07, 6.45) is -2.96. The molecule has 21 heavy (non-hydrogen) atoms. The first-order chi connectivity index (χ1) is 9.80. The number of nitrogen functional groups attached to an aromatic ring is 1. The van der Waals surface area contributed by atoms with Crippen molar-refractivity contribution in [2.75, 3.05) is 12.3 Å². The summed E-state index contributed by atoms with van der Waals surface area (Å²) in [5.41, 5.74) is 10.7. The van der Waals surface area contributed by atoms with Gasteiger partial charge in [-0.2, -0.15) is 0 Å². The van der Waals surface area contributed by atoms with Crippen LogP contribution in [0, 0.1) is 0 Å². The number of imidazole rings is 1. The first kappa shape index (κ1) is 14.4. The number of hydrogen-bond acceptors (Lipinski definition) is 8. The van der Waals surface area contributed by atoms with Gasteiger partial charge in [0.2, 0.25) is 0 Å².